The van der Waals surface area contributed by atoms with Gasteiger partial charge in [0.05, 0.1) is 11.1 Å². The van der Waals surface area contributed by atoms with E-state index in [1.165, 1.54) is 30.5 Å². The zero-order chi connectivity index (χ0) is 17.6. The van der Waals surface area contributed by atoms with Crippen molar-refractivity contribution in [3.8, 4) is 11.3 Å². The molecule has 2 aromatic carbocycles. The van der Waals surface area contributed by atoms with Crippen LogP contribution in [0.15, 0.2) is 76.2 Å². The molecule has 0 atom stereocenters. The van der Waals surface area contributed by atoms with Crippen molar-refractivity contribution in [3.63, 3.8) is 0 Å². The summed E-state index contributed by atoms with van der Waals surface area (Å²) < 4.78 is 5.62. The molecule has 0 bridgehead atoms. The van der Waals surface area contributed by atoms with E-state index in [-0.39, 0.29) is 11.3 Å². The first-order valence-corrected chi connectivity index (χ1v) is 7.36. The number of carbonyl (C=O) groups is 1. The highest BCUT2D eigenvalue weighted by Gasteiger charge is 2.08. The maximum Gasteiger partial charge on any atom is 0.271 e. The third-order valence-corrected chi connectivity index (χ3v) is 3.38. The number of hydrogen-bond acceptors (Lipinski definition) is 5. The van der Waals surface area contributed by atoms with Gasteiger partial charge < -0.3 is 4.42 Å². The van der Waals surface area contributed by atoms with Crippen LogP contribution in [0, 0.1) is 10.1 Å². The molecule has 0 aliphatic carbocycles. The molecule has 0 saturated heterocycles. The van der Waals surface area contributed by atoms with Gasteiger partial charge in [0.25, 0.3) is 11.6 Å². The van der Waals surface area contributed by atoms with Crippen LogP contribution in [-0.2, 0) is 0 Å². The molecule has 7 heteroatoms. The lowest BCUT2D eigenvalue weighted by Gasteiger charge is -1.99. The van der Waals surface area contributed by atoms with Crippen LogP contribution in [-0.4, -0.2) is 17.0 Å². The average molecular weight is 335 g/mol. The van der Waals surface area contributed by atoms with Crippen LogP contribution in [0.3, 0.4) is 0 Å². The van der Waals surface area contributed by atoms with Crippen LogP contribution >= 0.6 is 0 Å². The van der Waals surface area contributed by atoms with Crippen molar-refractivity contribution in [1.29, 1.82) is 0 Å². The van der Waals surface area contributed by atoms with E-state index in [1.54, 1.807) is 6.07 Å². The Balaban J connectivity index is 1.62. The molecule has 1 aromatic heterocycles. The first-order valence-electron chi connectivity index (χ1n) is 7.36. The van der Waals surface area contributed by atoms with Crippen molar-refractivity contribution in [2.75, 3.05) is 0 Å². The maximum atomic E-state index is 11.9. The number of rotatable bonds is 5. The molecule has 1 amide bonds. The van der Waals surface area contributed by atoms with Crippen molar-refractivity contribution in [2.45, 2.75) is 0 Å². The van der Waals surface area contributed by atoms with Gasteiger partial charge in [0.2, 0.25) is 0 Å². The predicted molar refractivity (Wildman–Crippen MR) is 92.3 cm³/mol. The Morgan fingerprint density at radius 3 is 2.44 bits per heavy atom. The average Bonchev–Trinajstić information content (AvgIpc) is 3.11. The number of nitro groups is 1. The minimum Gasteiger partial charge on any atom is -0.455 e. The normalized spacial score (nSPS) is 10.7. The lowest BCUT2D eigenvalue weighted by atomic mass is 10.2. The number of furan rings is 1. The van der Waals surface area contributed by atoms with Crippen molar-refractivity contribution in [1.82, 2.24) is 5.43 Å². The van der Waals surface area contributed by atoms with Crippen molar-refractivity contribution < 1.29 is 14.1 Å². The van der Waals surface area contributed by atoms with E-state index in [0.29, 0.717) is 11.5 Å². The van der Waals surface area contributed by atoms with Gasteiger partial charge in [0, 0.05) is 23.3 Å². The van der Waals surface area contributed by atoms with Gasteiger partial charge in [-0.3, -0.25) is 14.9 Å². The molecule has 25 heavy (non-hydrogen) atoms. The summed E-state index contributed by atoms with van der Waals surface area (Å²) in [6, 6.07) is 18.4. The van der Waals surface area contributed by atoms with E-state index >= 15 is 0 Å². The Labute approximate surface area is 142 Å². The van der Waals surface area contributed by atoms with Gasteiger partial charge in [-0.15, -0.1) is 0 Å². The fourth-order valence-corrected chi connectivity index (χ4v) is 2.13. The molecule has 0 saturated carbocycles. The zero-order valence-corrected chi connectivity index (χ0v) is 13.0. The Hall–Kier alpha value is -3.74. The van der Waals surface area contributed by atoms with Crippen molar-refractivity contribution in [2.24, 2.45) is 5.10 Å². The van der Waals surface area contributed by atoms with E-state index in [0.717, 1.165) is 5.56 Å². The molecule has 124 valence electrons. The second-order valence-electron chi connectivity index (χ2n) is 5.07. The summed E-state index contributed by atoms with van der Waals surface area (Å²) in [6.45, 7) is 0. The first kappa shape index (κ1) is 16.1. The van der Waals surface area contributed by atoms with Crippen LogP contribution in [0.1, 0.15) is 16.1 Å². The minimum atomic E-state index is -0.527. The summed E-state index contributed by atoms with van der Waals surface area (Å²) in [4.78, 5) is 22.0. The third-order valence-electron chi connectivity index (χ3n) is 3.38. The summed E-state index contributed by atoms with van der Waals surface area (Å²) >= 11 is 0. The number of carbonyl (C=O) groups excluding carboxylic acids is 1. The largest absolute Gasteiger partial charge is 0.455 e. The number of nitrogens with one attached hydrogen (secondary N) is 1. The summed E-state index contributed by atoms with van der Waals surface area (Å²) in [5.74, 6) is 0.715. The van der Waals surface area contributed by atoms with Crippen LogP contribution in [0.4, 0.5) is 5.69 Å². The van der Waals surface area contributed by atoms with E-state index in [9.17, 15) is 14.9 Å². The summed E-state index contributed by atoms with van der Waals surface area (Å²) in [5, 5.41) is 14.4. The molecule has 7 nitrogen and oxygen atoms in total. The van der Waals surface area contributed by atoms with E-state index in [2.05, 4.69) is 10.5 Å². The monoisotopic (exact) mass is 335 g/mol. The molecule has 1 heterocycles. The Morgan fingerprint density at radius 1 is 1.04 bits per heavy atom. The molecule has 0 fully saturated rings. The minimum absolute atomic E-state index is 0.0796. The highest BCUT2D eigenvalue weighted by molar-refractivity contribution is 5.94. The van der Waals surface area contributed by atoms with Crippen molar-refractivity contribution >= 4 is 17.8 Å². The molecule has 0 aliphatic rings. The lowest BCUT2D eigenvalue weighted by Crippen LogP contribution is -2.17. The van der Waals surface area contributed by atoms with Gasteiger partial charge in [-0.05, 0) is 24.3 Å². The molecule has 0 unspecified atom stereocenters. The fourth-order valence-electron chi connectivity index (χ4n) is 2.13. The number of hydrogen-bond donors (Lipinski definition) is 1. The van der Waals surface area contributed by atoms with Gasteiger partial charge in [0.15, 0.2) is 0 Å². The van der Waals surface area contributed by atoms with Gasteiger partial charge in [-0.1, -0.05) is 30.3 Å². The second-order valence-corrected chi connectivity index (χ2v) is 5.07. The highest BCUT2D eigenvalue weighted by Crippen LogP contribution is 2.20. The van der Waals surface area contributed by atoms with Crippen LogP contribution in [0.5, 0.6) is 0 Å². The number of benzene rings is 2. The number of hydrazone groups is 1. The quantitative estimate of drug-likeness (QED) is 0.437. The summed E-state index contributed by atoms with van der Waals surface area (Å²) in [6.07, 6.45) is 1.38. The van der Waals surface area contributed by atoms with Gasteiger partial charge in [0.1, 0.15) is 11.5 Å². The van der Waals surface area contributed by atoms with Gasteiger partial charge in [-0.25, -0.2) is 5.43 Å². The number of nitrogens with zero attached hydrogens (tertiary/aromatic N) is 2. The summed E-state index contributed by atoms with van der Waals surface area (Å²) in [5.41, 5.74) is 3.48. The lowest BCUT2D eigenvalue weighted by molar-refractivity contribution is -0.384. The number of non-ortho nitro benzene ring substituents is 1. The molecule has 0 aliphatic heterocycles. The van der Waals surface area contributed by atoms with Crippen LogP contribution in [0.25, 0.3) is 11.3 Å². The van der Waals surface area contributed by atoms with Gasteiger partial charge >= 0.3 is 0 Å². The summed E-state index contributed by atoms with van der Waals surface area (Å²) in [7, 11) is 0. The standard InChI is InChI=1S/C18H13N3O4/c22-18(14-6-8-15(9-7-14)21(23)24)20-19-12-16-10-11-17(25-16)13-4-2-1-3-5-13/h1-12H,(H,20,22)/b19-12+. The van der Waals surface area contributed by atoms with Crippen LogP contribution < -0.4 is 5.43 Å². The molecule has 3 aromatic rings. The Bertz CT molecular complexity index is 915. The molecule has 0 radical (unpaired) electrons. The zero-order valence-electron chi connectivity index (χ0n) is 13.0. The molecule has 0 spiro atoms. The van der Waals surface area contributed by atoms with Crippen LogP contribution in [0.2, 0.25) is 0 Å². The predicted octanol–water partition coefficient (Wildman–Crippen LogP) is 3.62. The van der Waals surface area contributed by atoms with Gasteiger partial charge in [-0.2, -0.15) is 5.10 Å². The fraction of sp³-hybridized carbons (Fsp3) is 0. The molecule has 1 N–H and O–H groups in total. The molecular weight excluding hydrogens is 322 g/mol. The third kappa shape index (κ3) is 3.97. The Morgan fingerprint density at radius 2 is 1.76 bits per heavy atom. The molecule has 3 rings (SSSR count). The first-order chi connectivity index (χ1) is 12.1. The van der Waals surface area contributed by atoms with E-state index in [4.69, 9.17) is 4.42 Å². The number of nitro benzene ring substituents is 1. The topological polar surface area (TPSA) is 97.7 Å². The maximum absolute atomic E-state index is 11.9. The number of amides is 1. The molecular formula is C18H13N3O4. The van der Waals surface area contributed by atoms with E-state index in [1.807, 2.05) is 36.4 Å². The SMILES string of the molecule is O=C(N/N=C/c1ccc(-c2ccccc2)o1)c1ccc([N+](=O)[O-])cc1. The highest BCUT2D eigenvalue weighted by atomic mass is 16.6. The van der Waals surface area contributed by atoms with Crippen molar-refractivity contribution in [3.05, 3.63) is 88.2 Å². The second kappa shape index (κ2) is 7.22. The van der Waals surface area contributed by atoms with E-state index < -0.39 is 10.8 Å². The smallest absolute Gasteiger partial charge is 0.271 e. The Kier molecular flexibility index (Phi) is 4.66.